The van der Waals surface area contributed by atoms with Crippen molar-refractivity contribution in [2.24, 2.45) is 15.9 Å². The smallest absolute Gasteiger partial charge is 0.211 e. The summed E-state index contributed by atoms with van der Waals surface area (Å²) in [6.07, 6.45) is 6.22. The second-order valence-electron chi connectivity index (χ2n) is 3.16. The van der Waals surface area contributed by atoms with E-state index >= 15 is 0 Å². The first kappa shape index (κ1) is 12.8. The van der Waals surface area contributed by atoms with Gasteiger partial charge in [0.25, 0.3) is 0 Å². The molecule has 0 fully saturated rings. The lowest BCUT2D eigenvalue weighted by molar-refractivity contribution is 0.378. The molecule has 0 aliphatic rings. The van der Waals surface area contributed by atoms with Crippen LogP contribution in [0.2, 0.25) is 0 Å². The zero-order chi connectivity index (χ0) is 10.8. The van der Waals surface area contributed by atoms with Crippen LogP contribution >= 0.6 is 0 Å². The molecular formula is C10H16N2O2. The van der Waals surface area contributed by atoms with Crippen LogP contribution in [0.1, 0.15) is 39.5 Å². The van der Waals surface area contributed by atoms with Crippen molar-refractivity contribution in [3.63, 3.8) is 0 Å². The van der Waals surface area contributed by atoms with Crippen molar-refractivity contribution in [3.05, 3.63) is 0 Å². The van der Waals surface area contributed by atoms with Crippen LogP contribution in [0.15, 0.2) is 9.98 Å². The van der Waals surface area contributed by atoms with Gasteiger partial charge in [0, 0.05) is 5.92 Å². The van der Waals surface area contributed by atoms with Crippen molar-refractivity contribution in [2.45, 2.75) is 45.7 Å². The minimum atomic E-state index is -0.582. The second kappa shape index (κ2) is 8.36. The SMILES string of the molecule is CCCCC(CC)C(N=C=O)N=C=O. The largest absolute Gasteiger partial charge is 0.237 e. The molecule has 0 aliphatic carbocycles. The van der Waals surface area contributed by atoms with Gasteiger partial charge in [-0.3, -0.25) is 0 Å². The fraction of sp³-hybridized carbons (Fsp3) is 0.800. The van der Waals surface area contributed by atoms with E-state index in [0.29, 0.717) is 0 Å². The van der Waals surface area contributed by atoms with E-state index in [1.165, 1.54) is 12.2 Å². The monoisotopic (exact) mass is 196 g/mol. The van der Waals surface area contributed by atoms with E-state index in [2.05, 4.69) is 16.9 Å². The van der Waals surface area contributed by atoms with E-state index in [-0.39, 0.29) is 5.92 Å². The third-order valence-electron chi connectivity index (χ3n) is 2.24. The molecule has 0 aromatic carbocycles. The van der Waals surface area contributed by atoms with E-state index in [1.54, 1.807) is 0 Å². The van der Waals surface area contributed by atoms with Crippen LogP contribution in [-0.2, 0) is 9.59 Å². The average molecular weight is 196 g/mol. The van der Waals surface area contributed by atoms with Crippen LogP contribution in [0.25, 0.3) is 0 Å². The summed E-state index contributed by atoms with van der Waals surface area (Å²) in [5, 5.41) is 0. The third kappa shape index (κ3) is 4.70. The summed E-state index contributed by atoms with van der Waals surface area (Å²) in [5.41, 5.74) is 0. The fourth-order valence-corrected chi connectivity index (χ4v) is 1.38. The van der Waals surface area contributed by atoms with Gasteiger partial charge in [0.2, 0.25) is 12.2 Å². The highest BCUT2D eigenvalue weighted by Crippen LogP contribution is 2.19. The standard InChI is InChI=1S/C10H16N2O2/c1-3-5-6-9(4-2)10(11-7-13)12-8-14/h9-10H,3-6H2,1-2H3. The summed E-state index contributed by atoms with van der Waals surface area (Å²) < 4.78 is 0. The highest BCUT2D eigenvalue weighted by molar-refractivity contribution is 5.37. The Labute approximate surface area is 84.1 Å². The molecule has 0 spiro atoms. The van der Waals surface area contributed by atoms with E-state index < -0.39 is 6.17 Å². The van der Waals surface area contributed by atoms with E-state index in [1.807, 2.05) is 6.92 Å². The van der Waals surface area contributed by atoms with Gasteiger partial charge in [-0.1, -0.05) is 26.7 Å². The molecule has 4 nitrogen and oxygen atoms in total. The molecule has 14 heavy (non-hydrogen) atoms. The average Bonchev–Trinajstić information content (AvgIpc) is 2.19. The van der Waals surface area contributed by atoms with Crippen LogP contribution in [0.4, 0.5) is 0 Å². The maximum Gasteiger partial charge on any atom is 0.237 e. The molecule has 0 rings (SSSR count). The summed E-state index contributed by atoms with van der Waals surface area (Å²) in [6.45, 7) is 4.09. The van der Waals surface area contributed by atoms with Gasteiger partial charge in [0.05, 0.1) is 0 Å². The maximum atomic E-state index is 10.1. The Bertz CT molecular complexity index is 223. The molecule has 4 heteroatoms. The van der Waals surface area contributed by atoms with Crippen molar-refractivity contribution in [3.8, 4) is 0 Å². The Hall–Kier alpha value is -1.24. The van der Waals surface area contributed by atoms with Gasteiger partial charge in [-0.05, 0) is 12.8 Å². The van der Waals surface area contributed by atoms with Crippen molar-refractivity contribution in [2.75, 3.05) is 0 Å². The molecule has 0 saturated heterocycles. The molecule has 0 N–H and O–H groups in total. The Balaban J connectivity index is 4.40. The number of rotatable bonds is 7. The first-order chi connectivity index (χ1) is 6.79. The fourth-order valence-electron chi connectivity index (χ4n) is 1.38. The van der Waals surface area contributed by atoms with Gasteiger partial charge >= 0.3 is 0 Å². The molecule has 1 atom stereocenters. The van der Waals surface area contributed by atoms with E-state index in [0.717, 1.165) is 25.7 Å². The van der Waals surface area contributed by atoms with Crippen molar-refractivity contribution < 1.29 is 9.59 Å². The minimum absolute atomic E-state index is 0.151. The molecule has 0 radical (unpaired) electrons. The predicted octanol–water partition coefficient (Wildman–Crippen LogP) is 2.20. The molecule has 0 saturated carbocycles. The van der Waals surface area contributed by atoms with Gasteiger partial charge < -0.3 is 0 Å². The zero-order valence-electron chi connectivity index (χ0n) is 8.69. The molecule has 0 aromatic rings. The van der Waals surface area contributed by atoms with Gasteiger partial charge in [-0.25, -0.2) is 9.59 Å². The number of unbranched alkanes of at least 4 members (excludes halogenated alkanes) is 1. The molecule has 0 bridgehead atoms. The van der Waals surface area contributed by atoms with Gasteiger partial charge in [-0.2, -0.15) is 9.98 Å². The molecular weight excluding hydrogens is 180 g/mol. The first-order valence-corrected chi connectivity index (χ1v) is 4.94. The van der Waals surface area contributed by atoms with Crippen molar-refractivity contribution in [1.29, 1.82) is 0 Å². The highest BCUT2D eigenvalue weighted by Gasteiger charge is 2.17. The molecule has 0 heterocycles. The third-order valence-corrected chi connectivity index (χ3v) is 2.24. The molecule has 78 valence electrons. The van der Waals surface area contributed by atoms with Gasteiger partial charge in [0.15, 0.2) is 6.17 Å². The number of carbonyl (C=O) groups excluding carboxylic acids is 2. The molecule has 0 aromatic heterocycles. The number of hydrogen-bond acceptors (Lipinski definition) is 4. The minimum Gasteiger partial charge on any atom is -0.211 e. The van der Waals surface area contributed by atoms with Crippen LogP contribution in [0.5, 0.6) is 0 Å². The Morgan fingerprint density at radius 3 is 2.07 bits per heavy atom. The lowest BCUT2D eigenvalue weighted by atomic mass is 9.96. The summed E-state index contributed by atoms with van der Waals surface area (Å²) in [4.78, 5) is 27.2. The van der Waals surface area contributed by atoms with Crippen LogP contribution in [-0.4, -0.2) is 18.3 Å². The molecule has 0 aliphatic heterocycles. The Morgan fingerprint density at radius 1 is 1.14 bits per heavy atom. The number of hydrogen-bond donors (Lipinski definition) is 0. The second-order valence-corrected chi connectivity index (χ2v) is 3.16. The van der Waals surface area contributed by atoms with Crippen LogP contribution in [0.3, 0.4) is 0 Å². The lowest BCUT2D eigenvalue weighted by Gasteiger charge is -2.16. The predicted molar refractivity (Wildman–Crippen MR) is 53.3 cm³/mol. The van der Waals surface area contributed by atoms with Crippen molar-refractivity contribution in [1.82, 2.24) is 0 Å². The van der Waals surface area contributed by atoms with E-state index in [9.17, 15) is 9.59 Å². The first-order valence-electron chi connectivity index (χ1n) is 4.94. The van der Waals surface area contributed by atoms with Gasteiger partial charge in [0.1, 0.15) is 0 Å². The normalized spacial score (nSPS) is 13.6. The van der Waals surface area contributed by atoms with Crippen LogP contribution in [0, 0.1) is 5.92 Å². The number of aliphatic imine (C=N–C) groups is 2. The Morgan fingerprint density at radius 2 is 1.71 bits per heavy atom. The summed E-state index contributed by atoms with van der Waals surface area (Å²) in [7, 11) is 0. The van der Waals surface area contributed by atoms with Crippen molar-refractivity contribution >= 4 is 12.2 Å². The number of nitrogens with zero attached hydrogens (tertiary/aromatic N) is 2. The van der Waals surface area contributed by atoms with Crippen LogP contribution < -0.4 is 0 Å². The van der Waals surface area contributed by atoms with Gasteiger partial charge in [-0.15, -0.1) is 0 Å². The quantitative estimate of drug-likeness (QED) is 0.463. The topological polar surface area (TPSA) is 58.9 Å². The summed E-state index contributed by atoms with van der Waals surface area (Å²) in [5.74, 6) is 0.151. The summed E-state index contributed by atoms with van der Waals surface area (Å²) in [6, 6.07) is 0. The molecule has 0 amide bonds. The van der Waals surface area contributed by atoms with E-state index in [4.69, 9.17) is 0 Å². The lowest BCUT2D eigenvalue weighted by Crippen LogP contribution is -2.15. The maximum absolute atomic E-state index is 10.1. The Kier molecular flexibility index (Phi) is 7.62. The number of isocyanates is 2. The zero-order valence-corrected chi connectivity index (χ0v) is 8.69. The molecule has 1 unspecified atom stereocenters. The highest BCUT2D eigenvalue weighted by atomic mass is 16.1. The summed E-state index contributed by atoms with van der Waals surface area (Å²) >= 11 is 0.